The molecule has 2 heterocycles. The van der Waals surface area contributed by atoms with Crippen molar-refractivity contribution in [1.29, 1.82) is 0 Å². The summed E-state index contributed by atoms with van der Waals surface area (Å²) in [7, 11) is 4.20. The Hall–Kier alpha value is -1.26. The van der Waals surface area contributed by atoms with Crippen molar-refractivity contribution < 1.29 is 4.79 Å². The molecule has 0 radical (unpaired) electrons. The van der Waals surface area contributed by atoms with Gasteiger partial charge in [-0.3, -0.25) is 14.7 Å². The van der Waals surface area contributed by atoms with Crippen LogP contribution in [0.15, 0.2) is 18.3 Å². The van der Waals surface area contributed by atoms with E-state index in [0.29, 0.717) is 5.78 Å². The van der Waals surface area contributed by atoms with Gasteiger partial charge in [-0.05, 0) is 64.5 Å². The Kier molecular flexibility index (Phi) is 4.36. The molecule has 0 saturated carbocycles. The van der Waals surface area contributed by atoms with Gasteiger partial charge in [0.1, 0.15) is 0 Å². The molecule has 1 saturated heterocycles. The fourth-order valence-electron chi connectivity index (χ4n) is 3.70. The van der Waals surface area contributed by atoms with Crippen molar-refractivity contribution >= 4 is 5.78 Å². The number of carbonyl (C=O) groups is 1. The van der Waals surface area contributed by atoms with E-state index in [1.54, 1.807) is 0 Å². The van der Waals surface area contributed by atoms with Crippen molar-refractivity contribution in [2.24, 2.45) is 0 Å². The van der Waals surface area contributed by atoms with Crippen LogP contribution in [0.4, 0.5) is 0 Å². The van der Waals surface area contributed by atoms with E-state index in [9.17, 15) is 4.79 Å². The molecule has 2 aliphatic rings. The first-order valence-electron chi connectivity index (χ1n) is 8.03. The van der Waals surface area contributed by atoms with Gasteiger partial charge in [0, 0.05) is 12.7 Å². The Bertz CT molecular complexity index is 517. The van der Waals surface area contributed by atoms with E-state index >= 15 is 0 Å². The Labute approximate surface area is 127 Å². The summed E-state index contributed by atoms with van der Waals surface area (Å²) in [4.78, 5) is 22.2. The second-order valence-electron chi connectivity index (χ2n) is 6.51. The van der Waals surface area contributed by atoms with Gasteiger partial charge < -0.3 is 4.90 Å². The average Bonchev–Trinajstić information content (AvgIpc) is 2.67. The van der Waals surface area contributed by atoms with E-state index in [1.165, 1.54) is 5.56 Å². The molecule has 1 aromatic rings. The summed E-state index contributed by atoms with van der Waals surface area (Å²) < 4.78 is 0. The van der Waals surface area contributed by atoms with Gasteiger partial charge in [-0.2, -0.15) is 0 Å². The second kappa shape index (κ2) is 6.24. The van der Waals surface area contributed by atoms with Gasteiger partial charge in [0.05, 0.1) is 17.7 Å². The number of aromatic nitrogens is 1. The second-order valence-corrected chi connectivity index (χ2v) is 6.51. The summed E-state index contributed by atoms with van der Waals surface area (Å²) in [6, 6.07) is 4.12. The summed E-state index contributed by atoms with van der Waals surface area (Å²) in [6.45, 7) is 2.92. The third kappa shape index (κ3) is 3.01. The van der Waals surface area contributed by atoms with Crippen LogP contribution in [0.1, 0.15) is 36.4 Å². The van der Waals surface area contributed by atoms with Gasteiger partial charge in [0.15, 0.2) is 5.78 Å². The highest BCUT2D eigenvalue weighted by Crippen LogP contribution is 2.32. The molecule has 4 heteroatoms. The SMILES string of the molecule is CN1CCCN(C)C(C(=O)C2CCCc3cccnc32)C1. The number of hydrogen-bond acceptors (Lipinski definition) is 4. The topological polar surface area (TPSA) is 36.4 Å². The third-order valence-corrected chi connectivity index (χ3v) is 4.93. The largest absolute Gasteiger partial charge is 0.304 e. The number of hydrogen-bond donors (Lipinski definition) is 0. The molecular formula is C17H25N3O. The Balaban J connectivity index is 1.85. The van der Waals surface area contributed by atoms with Gasteiger partial charge in [-0.1, -0.05) is 6.07 Å². The van der Waals surface area contributed by atoms with Crippen molar-refractivity contribution in [2.75, 3.05) is 33.7 Å². The predicted molar refractivity (Wildman–Crippen MR) is 83.5 cm³/mol. The van der Waals surface area contributed by atoms with Gasteiger partial charge >= 0.3 is 0 Å². The lowest BCUT2D eigenvalue weighted by Gasteiger charge is -2.31. The molecule has 0 aromatic carbocycles. The van der Waals surface area contributed by atoms with E-state index in [-0.39, 0.29) is 12.0 Å². The Morgan fingerprint density at radius 1 is 1.29 bits per heavy atom. The molecule has 1 aliphatic carbocycles. The minimum Gasteiger partial charge on any atom is -0.304 e. The first kappa shape index (κ1) is 14.7. The lowest BCUT2D eigenvalue weighted by Crippen LogP contribution is -2.46. The first-order valence-corrected chi connectivity index (χ1v) is 8.03. The summed E-state index contributed by atoms with van der Waals surface area (Å²) in [5.74, 6) is 0.361. The molecule has 4 nitrogen and oxygen atoms in total. The molecule has 0 amide bonds. The van der Waals surface area contributed by atoms with Crippen LogP contribution in [-0.4, -0.2) is 60.3 Å². The van der Waals surface area contributed by atoms with Crippen LogP contribution < -0.4 is 0 Å². The maximum atomic E-state index is 13.1. The number of ketones is 1. The van der Waals surface area contributed by atoms with Crippen molar-refractivity contribution in [3.63, 3.8) is 0 Å². The number of carbonyl (C=O) groups excluding carboxylic acids is 1. The minimum absolute atomic E-state index is 0.00565. The minimum atomic E-state index is -0.00565. The normalized spacial score (nSPS) is 27.9. The zero-order chi connectivity index (χ0) is 14.8. The zero-order valence-corrected chi connectivity index (χ0v) is 13.1. The molecule has 2 unspecified atom stereocenters. The molecule has 114 valence electrons. The summed E-state index contributed by atoms with van der Waals surface area (Å²) in [5.41, 5.74) is 2.31. The molecule has 1 aromatic heterocycles. The van der Waals surface area contributed by atoms with E-state index in [1.807, 2.05) is 12.3 Å². The lowest BCUT2D eigenvalue weighted by atomic mass is 9.81. The standard InChI is InChI=1S/C17H25N3O/c1-19-10-5-11-20(2)15(12-19)17(21)14-8-3-6-13-7-4-9-18-16(13)14/h4,7,9,14-15H,3,5-6,8,10-12H2,1-2H3. The monoisotopic (exact) mass is 287 g/mol. The van der Waals surface area contributed by atoms with Gasteiger partial charge in [-0.25, -0.2) is 0 Å². The van der Waals surface area contributed by atoms with Gasteiger partial charge in [0.25, 0.3) is 0 Å². The molecule has 21 heavy (non-hydrogen) atoms. The molecule has 1 aliphatic heterocycles. The number of fused-ring (bicyclic) bond motifs is 1. The maximum absolute atomic E-state index is 13.1. The lowest BCUT2D eigenvalue weighted by molar-refractivity contribution is -0.126. The number of aryl methyl sites for hydroxylation is 1. The van der Waals surface area contributed by atoms with Crippen LogP contribution in [0.3, 0.4) is 0 Å². The van der Waals surface area contributed by atoms with Crippen LogP contribution in [0.25, 0.3) is 0 Å². The maximum Gasteiger partial charge on any atom is 0.160 e. The fourth-order valence-corrected chi connectivity index (χ4v) is 3.70. The highest BCUT2D eigenvalue weighted by molar-refractivity contribution is 5.90. The summed E-state index contributed by atoms with van der Waals surface area (Å²) >= 11 is 0. The van der Waals surface area contributed by atoms with E-state index in [2.05, 4.69) is 34.9 Å². The predicted octanol–water partition coefficient (Wildman–Crippen LogP) is 1.71. The number of rotatable bonds is 2. The van der Waals surface area contributed by atoms with Crippen molar-refractivity contribution in [3.8, 4) is 0 Å². The quantitative estimate of drug-likeness (QED) is 0.830. The molecular weight excluding hydrogens is 262 g/mol. The molecule has 3 rings (SSSR count). The average molecular weight is 287 g/mol. The Morgan fingerprint density at radius 3 is 3.00 bits per heavy atom. The van der Waals surface area contributed by atoms with Crippen LogP contribution in [0.5, 0.6) is 0 Å². The van der Waals surface area contributed by atoms with Crippen molar-refractivity contribution in [2.45, 2.75) is 37.6 Å². The van der Waals surface area contributed by atoms with Crippen molar-refractivity contribution in [3.05, 3.63) is 29.6 Å². The highest BCUT2D eigenvalue weighted by Gasteiger charge is 2.35. The van der Waals surface area contributed by atoms with Crippen LogP contribution in [0, 0.1) is 0 Å². The van der Waals surface area contributed by atoms with Crippen LogP contribution >= 0.6 is 0 Å². The van der Waals surface area contributed by atoms with Crippen LogP contribution in [0.2, 0.25) is 0 Å². The van der Waals surface area contributed by atoms with Gasteiger partial charge in [-0.15, -0.1) is 0 Å². The number of pyridine rings is 1. The summed E-state index contributed by atoms with van der Waals surface area (Å²) in [6.07, 6.45) is 6.08. The third-order valence-electron chi connectivity index (χ3n) is 4.93. The smallest absolute Gasteiger partial charge is 0.160 e. The van der Waals surface area contributed by atoms with Crippen LogP contribution in [-0.2, 0) is 11.2 Å². The molecule has 0 spiro atoms. The molecule has 0 bridgehead atoms. The Morgan fingerprint density at radius 2 is 2.14 bits per heavy atom. The summed E-state index contributed by atoms with van der Waals surface area (Å²) in [5, 5.41) is 0. The number of Topliss-reactive ketones (excluding diaryl/α,β-unsaturated/α-hetero) is 1. The van der Waals surface area contributed by atoms with Gasteiger partial charge in [0.2, 0.25) is 0 Å². The molecule has 0 N–H and O–H groups in total. The number of likely N-dealkylation sites (N-methyl/N-ethyl adjacent to an activating group) is 2. The fraction of sp³-hybridized carbons (Fsp3) is 0.647. The number of nitrogens with zero attached hydrogens (tertiary/aromatic N) is 3. The first-order chi connectivity index (χ1) is 10.2. The highest BCUT2D eigenvalue weighted by atomic mass is 16.1. The van der Waals surface area contributed by atoms with E-state index < -0.39 is 0 Å². The molecule has 2 atom stereocenters. The van der Waals surface area contributed by atoms with E-state index in [4.69, 9.17) is 0 Å². The van der Waals surface area contributed by atoms with E-state index in [0.717, 1.165) is 51.0 Å². The zero-order valence-electron chi connectivity index (χ0n) is 13.1. The molecule has 1 fully saturated rings. The van der Waals surface area contributed by atoms with Crippen molar-refractivity contribution in [1.82, 2.24) is 14.8 Å².